The first-order valence-corrected chi connectivity index (χ1v) is 9.75. The molecule has 150 valence electrons. The van der Waals surface area contributed by atoms with Gasteiger partial charge in [0.2, 0.25) is 5.91 Å². The number of aromatic nitrogens is 2. The molecule has 0 atom stereocenters. The molecule has 0 aliphatic rings. The van der Waals surface area contributed by atoms with Crippen LogP contribution in [0.4, 0.5) is 0 Å². The molecule has 0 fully saturated rings. The molecule has 0 aliphatic heterocycles. The maximum atomic E-state index is 12.3. The number of hydrogen-bond donors (Lipinski definition) is 2. The largest absolute Gasteiger partial charge is 0.396 e. The van der Waals surface area contributed by atoms with Gasteiger partial charge in [0.15, 0.2) is 0 Å². The topological polar surface area (TPSA) is 67.2 Å². The van der Waals surface area contributed by atoms with Crippen molar-refractivity contribution in [1.82, 2.24) is 15.1 Å². The highest BCUT2D eigenvalue weighted by molar-refractivity contribution is 5.93. The number of rotatable bonds is 8. The monoisotopic (exact) mass is 389 g/mol. The second kappa shape index (κ2) is 9.34. The van der Waals surface area contributed by atoms with Crippen molar-refractivity contribution in [2.45, 2.75) is 32.4 Å². The third kappa shape index (κ3) is 5.90. The van der Waals surface area contributed by atoms with Crippen LogP contribution >= 0.6 is 0 Å². The lowest BCUT2D eigenvalue weighted by Gasteiger charge is -2.24. The number of carbonyl (C=O) groups is 1. The number of carbonyl (C=O) groups excluding carboxylic acids is 1. The Kier molecular flexibility index (Phi) is 6.62. The van der Waals surface area contributed by atoms with Gasteiger partial charge in [-0.15, -0.1) is 0 Å². The molecule has 29 heavy (non-hydrogen) atoms. The van der Waals surface area contributed by atoms with Gasteiger partial charge in [-0.25, -0.2) is 0 Å². The van der Waals surface area contributed by atoms with Crippen molar-refractivity contribution in [1.29, 1.82) is 0 Å². The highest BCUT2D eigenvalue weighted by Gasteiger charge is 2.18. The molecule has 5 heteroatoms. The van der Waals surface area contributed by atoms with Crippen molar-refractivity contribution in [2.75, 3.05) is 6.61 Å². The van der Waals surface area contributed by atoms with Gasteiger partial charge in [-0.1, -0.05) is 60.7 Å². The van der Waals surface area contributed by atoms with E-state index in [0.29, 0.717) is 13.0 Å². The summed E-state index contributed by atoms with van der Waals surface area (Å²) < 4.78 is 1.89. The molecule has 5 nitrogen and oxygen atoms in total. The molecular weight excluding hydrogens is 362 g/mol. The summed E-state index contributed by atoms with van der Waals surface area (Å²) in [5.74, 6) is -0.196. The molecule has 3 rings (SSSR count). The number of nitrogens with zero attached hydrogens (tertiary/aromatic N) is 2. The number of nitrogens with one attached hydrogen (secondary N) is 1. The Labute approximate surface area is 171 Å². The van der Waals surface area contributed by atoms with Gasteiger partial charge < -0.3 is 10.4 Å². The molecule has 0 aliphatic carbocycles. The normalized spacial score (nSPS) is 11.7. The second-order valence-corrected chi connectivity index (χ2v) is 7.66. The minimum absolute atomic E-state index is 0.0292. The van der Waals surface area contributed by atoms with Crippen LogP contribution in [0.15, 0.2) is 72.9 Å². The minimum Gasteiger partial charge on any atom is -0.396 e. The summed E-state index contributed by atoms with van der Waals surface area (Å²) in [6, 6.07) is 20.1. The summed E-state index contributed by atoms with van der Waals surface area (Å²) in [5.41, 5.74) is 3.41. The molecule has 2 N–H and O–H groups in total. The molecule has 0 bridgehead atoms. The van der Waals surface area contributed by atoms with E-state index in [4.69, 9.17) is 10.2 Å². The summed E-state index contributed by atoms with van der Waals surface area (Å²) in [7, 11) is 0. The second-order valence-electron chi connectivity index (χ2n) is 7.66. The van der Waals surface area contributed by atoms with Gasteiger partial charge in [0, 0.05) is 35.5 Å². The van der Waals surface area contributed by atoms with Crippen molar-refractivity contribution in [3.8, 4) is 11.3 Å². The number of aliphatic hydroxyl groups excluding tert-OH is 1. The lowest BCUT2D eigenvalue weighted by Crippen LogP contribution is -2.43. The van der Waals surface area contributed by atoms with E-state index in [1.54, 1.807) is 6.08 Å². The summed E-state index contributed by atoms with van der Waals surface area (Å²) in [5, 5.41) is 16.8. The van der Waals surface area contributed by atoms with Crippen molar-refractivity contribution < 1.29 is 9.90 Å². The zero-order valence-electron chi connectivity index (χ0n) is 16.9. The summed E-state index contributed by atoms with van der Waals surface area (Å²) >= 11 is 0. The maximum Gasteiger partial charge on any atom is 0.244 e. The highest BCUT2D eigenvalue weighted by atomic mass is 16.3. The van der Waals surface area contributed by atoms with Crippen LogP contribution in [0.3, 0.4) is 0 Å². The van der Waals surface area contributed by atoms with Crippen LogP contribution in [0.1, 0.15) is 31.4 Å². The standard InChI is InChI=1S/C24H27N3O2/c1-24(2,15-16-28)25-22(29)14-13-21-18-27(17-19-9-5-3-6-10-19)26-23(21)20-11-7-4-8-12-20/h3-14,18,28H,15-17H2,1-2H3,(H,25,29). The predicted molar refractivity (Wildman–Crippen MR) is 116 cm³/mol. The molecular formula is C24H27N3O2. The Morgan fingerprint density at radius 1 is 1.10 bits per heavy atom. The lowest BCUT2D eigenvalue weighted by atomic mass is 10.0. The van der Waals surface area contributed by atoms with E-state index in [1.807, 2.05) is 73.3 Å². The molecule has 1 aromatic heterocycles. The van der Waals surface area contributed by atoms with Crippen molar-refractivity contribution in [3.63, 3.8) is 0 Å². The molecule has 2 aromatic carbocycles. The molecule has 3 aromatic rings. The van der Waals surface area contributed by atoms with Crippen molar-refractivity contribution >= 4 is 12.0 Å². The first-order chi connectivity index (χ1) is 14.0. The number of benzene rings is 2. The first-order valence-electron chi connectivity index (χ1n) is 9.75. The van der Waals surface area contributed by atoms with Gasteiger partial charge in [0.25, 0.3) is 0 Å². The molecule has 0 radical (unpaired) electrons. The molecule has 0 unspecified atom stereocenters. The van der Waals surface area contributed by atoms with Crippen LogP contribution in [0.2, 0.25) is 0 Å². The Morgan fingerprint density at radius 3 is 2.41 bits per heavy atom. The number of aliphatic hydroxyl groups is 1. The smallest absolute Gasteiger partial charge is 0.244 e. The van der Waals surface area contributed by atoms with Gasteiger partial charge in [-0.05, 0) is 31.9 Å². The summed E-state index contributed by atoms with van der Waals surface area (Å²) in [4.78, 5) is 12.3. The fourth-order valence-electron chi connectivity index (χ4n) is 3.11. The zero-order chi connectivity index (χ0) is 20.7. The highest BCUT2D eigenvalue weighted by Crippen LogP contribution is 2.23. The first kappa shape index (κ1) is 20.6. The van der Waals surface area contributed by atoms with E-state index in [9.17, 15) is 4.79 Å². The zero-order valence-corrected chi connectivity index (χ0v) is 16.9. The van der Waals surface area contributed by atoms with E-state index >= 15 is 0 Å². The average Bonchev–Trinajstić information content (AvgIpc) is 3.10. The van der Waals surface area contributed by atoms with Crippen LogP contribution in [0.25, 0.3) is 17.3 Å². The average molecular weight is 389 g/mol. The maximum absolute atomic E-state index is 12.3. The van der Waals surface area contributed by atoms with Crippen LogP contribution in [0, 0.1) is 0 Å². The Morgan fingerprint density at radius 2 is 1.76 bits per heavy atom. The van der Waals surface area contributed by atoms with Gasteiger partial charge in [0.1, 0.15) is 0 Å². The van der Waals surface area contributed by atoms with Gasteiger partial charge in [-0.2, -0.15) is 5.10 Å². The Bertz CT molecular complexity index is 960. The van der Waals surface area contributed by atoms with Gasteiger partial charge >= 0.3 is 0 Å². The quantitative estimate of drug-likeness (QED) is 0.575. The summed E-state index contributed by atoms with van der Waals surface area (Å²) in [6.07, 6.45) is 5.77. The van der Waals surface area contributed by atoms with Crippen LogP contribution in [0.5, 0.6) is 0 Å². The summed E-state index contributed by atoms with van der Waals surface area (Å²) in [6.45, 7) is 4.47. The Hall–Kier alpha value is -3.18. The minimum atomic E-state index is -0.462. The van der Waals surface area contributed by atoms with Crippen LogP contribution in [-0.2, 0) is 11.3 Å². The molecule has 1 heterocycles. The third-order valence-corrected chi connectivity index (χ3v) is 4.64. The SMILES string of the molecule is CC(C)(CCO)NC(=O)C=Cc1cn(Cc2ccccc2)nc1-c1ccccc1. The van der Waals surface area contributed by atoms with E-state index in [-0.39, 0.29) is 12.5 Å². The predicted octanol–water partition coefficient (Wildman–Crippen LogP) is 3.89. The van der Waals surface area contributed by atoms with Gasteiger partial charge in [0.05, 0.1) is 12.2 Å². The van der Waals surface area contributed by atoms with E-state index < -0.39 is 5.54 Å². The molecule has 0 saturated heterocycles. The third-order valence-electron chi connectivity index (χ3n) is 4.64. The van der Waals surface area contributed by atoms with E-state index in [2.05, 4.69) is 17.4 Å². The fraction of sp³-hybridized carbons (Fsp3) is 0.250. The van der Waals surface area contributed by atoms with Gasteiger partial charge in [-0.3, -0.25) is 9.48 Å². The van der Waals surface area contributed by atoms with Crippen molar-refractivity contribution in [3.05, 3.63) is 84.1 Å². The van der Waals surface area contributed by atoms with E-state index in [0.717, 1.165) is 22.4 Å². The molecule has 0 spiro atoms. The number of hydrogen-bond acceptors (Lipinski definition) is 3. The Balaban J connectivity index is 1.85. The van der Waals surface area contributed by atoms with Crippen molar-refractivity contribution in [2.24, 2.45) is 0 Å². The van der Waals surface area contributed by atoms with E-state index in [1.165, 1.54) is 6.08 Å². The lowest BCUT2D eigenvalue weighted by molar-refractivity contribution is -0.118. The van der Waals surface area contributed by atoms with Crippen LogP contribution in [-0.4, -0.2) is 32.9 Å². The fourth-order valence-corrected chi connectivity index (χ4v) is 3.11. The number of amides is 1. The molecule has 1 amide bonds. The molecule has 0 saturated carbocycles. The van der Waals surface area contributed by atoms with Crippen LogP contribution < -0.4 is 5.32 Å².